The van der Waals surface area contributed by atoms with Crippen molar-refractivity contribution in [3.8, 4) is 0 Å². The van der Waals surface area contributed by atoms with Crippen LogP contribution in [-0.2, 0) is 11.8 Å². The third kappa shape index (κ3) is 2.76. The summed E-state index contributed by atoms with van der Waals surface area (Å²) in [5.41, 5.74) is 0. The summed E-state index contributed by atoms with van der Waals surface area (Å²) in [6.07, 6.45) is 3.65. The van der Waals surface area contributed by atoms with Crippen LogP contribution in [0.2, 0.25) is 0 Å². The molecule has 0 aliphatic carbocycles. The molecule has 0 N–H and O–H groups in total. The summed E-state index contributed by atoms with van der Waals surface area (Å²) in [4.78, 5) is 11.6. The lowest BCUT2D eigenvalue weighted by Gasteiger charge is -1.90. The lowest BCUT2D eigenvalue weighted by atomic mass is 10.5. The Labute approximate surface area is 69.8 Å². The number of carbonyl (C=O) groups is 1. The SMILES string of the molecule is CC(=O)CSc1cnn(C)c1. The molecule has 1 aromatic heterocycles. The van der Waals surface area contributed by atoms with Crippen LogP contribution in [0.15, 0.2) is 17.3 Å². The van der Waals surface area contributed by atoms with Gasteiger partial charge in [0, 0.05) is 18.1 Å². The van der Waals surface area contributed by atoms with E-state index < -0.39 is 0 Å². The Hall–Kier alpha value is -0.770. The number of carbonyl (C=O) groups excluding carboxylic acids is 1. The Morgan fingerprint density at radius 1 is 1.82 bits per heavy atom. The average Bonchev–Trinajstić information content (AvgIpc) is 2.31. The predicted octanol–water partition coefficient (Wildman–Crippen LogP) is 1.10. The molecule has 0 fully saturated rings. The van der Waals surface area contributed by atoms with E-state index in [1.807, 2.05) is 13.2 Å². The number of thioether (sulfide) groups is 1. The first-order valence-corrected chi connectivity index (χ1v) is 4.28. The molecule has 0 unspecified atom stereocenters. The number of nitrogens with zero attached hydrogens (tertiary/aromatic N) is 2. The largest absolute Gasteiger partial charge is 0.299 e. The molecule has 0 radical (unpaired) electrons. The Morgan fingerprint density at radius 3 is 3.00 bits per heavy atom. The van der Waals surface area contributed by atoms with Gasteiger partial charge in [-0.05, 0) is 6.92 Å². The van der Waals surface area contributed by atoms with Gasteiger partial charge in [0.2, 0.25) is 0 Å². The van der Waals surface area contributed by atoms with Crippen LogP contribution in [0.1, 0.15) is 6.92 Å². The van der Waals surface area contributed by atoms with Crippen LogP contribution in [-0.4, -0.2) is 21.3 Å². The quantitative estimate of drug-likeness (QED) is 0.637. The molecule has 0 aliphatic heterocycles. The van der Waals surface area contributed by atoms with Gasteiger partial charge in [-0.15, -0.1) is 11.8 Å². The first-order chi connectivity index (χ1) is 5.18. The summed E-state index contributed by atoms with van der Waals surface area (Å²) in [5.74, 6) is 0.727. The first-order valence-electron chi connectivity index (χ1n) is 3.29. The van der Waals surface area contributed by atoms with Gasteiger partial charge < -0.3 is 0 Å². The van der Waals surface area contributed by atoms with Crippen LogP contribution < -0.4 is 0 Å². The Balaban J connectivity index is 2.45. The van der Waals surface area contributed by atoms with Gasteiger partial charge in [0.1, 0.15) is 5.78 Å². The fourth-order valence-corrected chi connectivity index (χ4v) is 1.38. The third-order valence-corrected chi connectivity index (χ3v) is 2.22. The summed E-state index contributed by atoms with van der Waals surface area (Å²) >= 11 is 1.52. The zero-order valence-corrected chi connectivity index (χ0v) is 7.39. The summed E-state index contributed by atoms with van der Waals surface area (Å²) < 4.78 is 1.72. The molecule has 0 bridgehead atoms. The van der Waals surface area contributed by atoms with Crippen LogP contribution in [0.4, 0.5) is 0 Å². The minimum Gasteiger partial charge on any atom is -0.299 e. The number of hydrogen-bond acceptors (Lipinski definition) is 3. The highest BCUT2D eigenvalue weighted by Crippen LogP contribution is 2.15. The minimum absolute atomic E-state index is 0.193. The monoisotopic (exact) mass is 170 g/mol. The van der Waals surface area contributed by atoms with E-state index in [0.717, 1.165) is 4.90 Å². The van der Waals surface area contributed by atoms with Crippen molar-refractivity contribution in [3.05, 3.63) is 12.4 Å². The second-order valence-corrected chi connectivity index (χ2v) is 3.39. The molecule has 0 aromatic carbocycles. The first kappa shape index (κ1) is 8.33. The fourth-order valence-electron chi connectivity index (χ4n) is 0.658. The van der Waals surface area contributed by atoms with Crippen molar-refractivity contribution >= 4 is 17.5 Å². The number of ketones is 1. The molecule has 0 atom stereocenters. The van der Waals surface area contributed by atoms with E-state index in [1.54, 1.807) is 17.8 Å². The minimum atomic E-state index is 0.193. The van der Waals surface area contributed by atoms with Gasteiger partial charge in [0.15, 0.2) is 0 Å². The van der Waals surface area contributed by atoms with E-state index in [4.69, 9.17) is 0 Å². The summed E-state index contributed by atoms with van der Waals surface area (Å²) in [6.45, 7) is 1.59. The molecule has 60 valence electrons. The van der Waals surface area contributed by atoms with Gasteiger partial charge in [-0.1, -0.05) is 0 Å². The lowest BCUT2D eigenvalue weighted by Crippen LogP contribution is -1.91. The molecule has 0 saturated heterocycles. The van der Waals surface area contributed by atoms with Crippen molar-refractivity contribution in [2.75, 3.05) is 5.75 Å². The van der Waals surface area contributed by atoms with Crippen LogP contribution in [0.5, 0.6) is 0 Å². The Bertz CT molecular complexity index is 257. The van der Waals surface area contributed by atoms with Crippen molar-refractivity contribution < 1.29 is 4.79 Å². The molecule has 11 heavy (non-hydrogen) atoms. The van der Waals surface area contributed by atoms with Crippen molar-refractivity contribution in [3.63, 3.8) is 0 Å². The Morgan fingerprint density at radius 2 is 2.55 bits per heavy atom. The number of aryl methyl sites for hydroxylation is 1. The number of rotatable bonds is 3. The molecule has 0 spiro atoms. The predicted molar refractivity (Wildman–Crippen MR) is 44.6 cm³/mol. The van der Waals surface area contributed by atoms with Crippen LogP contribution in [0.25, 0.3) is 0 Å². The van der Waals surface area contributed by atoms with E-state index in [0.29, 0.717) is 5.75 Å². The zero-order chi connectivity index (χ0) is 8.27. The second kappa shape index (κ2) is 3.57. The second-order valence-electron chi connectivity index (χ2n) is 2.34. The molecule has 1 aromatic rings. The van der Waals surface area contributed by atoms with Crippen LogP contribution in [0, 0.1) is 0 Å². The van der Waals surface area contributed by atoms with Crippen LogP contribution >= 0.6 is 11.8 Å². The van der Waals surface area contributed by atoms with E-state index in [1.165, 1.54) is 11.8 Å². The van der Waals surface area contributed by atoms with Gasteiger partial charge >= 0.3 is 0 Å². The maximum absolute atomic E-state index is 10.6. The maximum atomic E-state index is 10.6. The van der Waals surface area contributed by atoms with Crippen LogP contribution in [0.3, 0.4) is 0 Å². The summed E-state index contributed by atoms with van der Waals surface area (Å²) in [7, 11) is 1.86. The highest BCUT2D eigenvalue weighted by molar-refractivity contribution is 8.00. The molecule has 4 heteroatoms. The Kier molecular flexibility index (Phi) is 2.70. The number of Topliss-reactive ketones (excluding diaryl/α,β-unsaturated/α-hetero) is 1. The fraction of sp³-hybridized carbons (Fsp3) is 0.429. The molecule has 0 saturated carbocycles. The summed E-state index contributed by atoms with van der Waals surface area (Å²) in [5, 5.41) is 3.98. The van der Waals surface area contributed by atoms with Crippen molar-refractivity contribution in [1.82, 2.24) is 9.78 Å². The highest BCUT2D eigenvalue weighted by atomic mass is 32.2. The normalized spacial score (nSPS) is 10.0. The lowest BCUT2D eigenvalue weighted by molar-refractivity contribution is -0.114. The molecule has 3 nitrogen and oxygen atoms in total. The highest BCUT2D eigenvalue weighted by Gasteiger charge is 1.98. The summed E-state index contributed by atoms with van der Waals surface area (Å²) in [6, 6.07) is 0. The van der Waals surface area contributed by atoms with Gasteiger partial charge in [0.25, 0.3) is 0 Å². The molecular formula is C7H10N2OS. The number of aromatic nitrogens is 2. The van der Waals surface area contributed by atoms with E-state index in [9.17, 15) is 4.79 Å². The van der Waals surface area contributed by atoms with Gasteiger partial charge in [0.05, 0.1) is 11.9 Å². The van der Waals surface area contributed by atoms with Crippen molar-refractivity contribution in [1.29, 1.82) is 0 Å². The molecule has 1 rings (SSSR count). The van der Waals surface area contributed by atoms with Gasteiger partial charge in [-0.3, -0.25) is 9.48 Å². The average molecular weight is 170 g/mol. The molecule has 1 heterocycles. The maximum Gasteiger partial charge on any atom is 0.140 e. The van der Waals surface area contributed by atoms with E-state index >= 15 is 0 Å². The zero-order valence-electron chi connectivity index (χ0n) is 6.57. The molecular weight excluding hydrogens is 160 g/mol. The van der Waals surface area contributed by atoms with Gasteiger partial charge in [-0.2, -0.15) is 5.10 Å². The third-order valence-electron chi connectivity index (χ3n) is 1.12. The smallest absolute Gasteiger partial charge is 0.140 e. The van der Waals surface area contributed by atoms with E-state index in [2.05, 4.69) is 5.10 Å². The van der Waals surface area contributed by atoms with Gasteiger partial charge in [-0.25, -0.2) is 0 Å². The topological polar surface area (TPSA) is 34.9 Å². The number of hydrogen-bond donors (Lipinski definition) is 0. The van der Waals surface area contributed by atoms with E-state index in [-0.39, 0.29) is 5.78 Å². The standard InChI is InChI=1S/C7H10N2OS/c1-6(10)5-11-7-3-8-9(2)4-7/h3-4H,5H2,1-2H3. The van der Waals surface area contributed by atoms with Crippen molar-refractivity contribution in [2.45, 2.75) is 11.8 Å². The molecule has 0 amide bonds. The van der Waals surface area contributed by atoms with Crippen molar-refractivity contribution in [2.24, 2.45) is 7.05 Å². The molecule has 0 aliphatic rings.